The third-order valence-electron chi connectivity index (χ3n) is 2.91. The zero-order valence-corrected chi connectivity index (χ0v) is 12.3. The Hall–Kier alpha value is -1.59. The van der Waals surface area contributed by atoms with Crippen molar-refractivity contribution in [3.63, 3.8) is 0 Å². The summed E-state index contributed by atoms with van der Waals surface area (Å²) in [6.07, 6.45) is 3.34. The number of nitrogens with zero attached hydrogens (tertiary/aromatic N) is 1. The van der Waals surface area contributed by atoms with Gasteiger partial charge in [0.1, 0.15) is 11.4 Å². The van der Waals surface area contributed by atoms with Crippen molar-refractivity contribution >= 4 is 6.09 Å². The van der Waals surface area contributed by atoms with E-state index in [9.17, 15) is 4.79 Å². The van der Waals surface area contributed by atoms with Gasteiger partial charge in [0.05, 0.1) is 0 Å². The van der Waals surface area contributed by atoms with Crippen LogP contribution in [0.2, 0.25) is 0 Å². The van der Waals surface area contributed by atoms with Crippen molar-refractivity contribution in [3.05, 3.63) is 12.0 Å². The van der Waals surface area contributed by atoms with E-state index in [1.54, 1.807) is 18.1 Å². The zero-order valence-electron chi connectivity index (χ0n) is 12.3. The molecule has 1 amide bonds. The maximum absolute atomic E-state index is 11.9. The van der Waals surface area contributed by atoms with Crippen LogP contribution >= 0.6 is 0 Å². The van der Waals surface area contributed by atoms with E-state index in [1.807, 2.05) is 20.8 Å². The van der Waals surface area contributed by atoms with Crippen LogP contribution in [0.5, 0.6) is 0 Å². The van der Waals surface area contributed by atoms with E-state index >= 15 is 0 Å². The third-order valence-corrected chi connectivity index (χ3v) is 2.91. The first-order valence-corrected chi connectivity index (χ1v) is 6.69. The molecule has 6 heteroatoms. The fourth-order valence-electron chi connectivity index (χ4n) is 1.84. The lowest BCUT2D eigenvalue weighted by Crippen LogP contribution is -2.45. The minimum Gasteiger partial charge on any atom is -0.444 e. The van der Waals surface area contributed by atoms with Crippen molar-refractivity contribution in [2.75, 3.05) is 20.1 Å². The van der Waals surface area contributed by atoms with E-state index < -0.39 is 5.60 Å². The fraction of sp³-hybridized carbons (Fsp3) is 0.769. The summed E-state index contributed by atoms with van der Waals surface area (Å²) < 4.78 is 5.35. The van der Waals surface area contributed by atoms with Crippen LogP contribution in [0, 0.1) is 0 Å². The molecule has 0 radical (unpaired) electrons. The van der Waals surface area contributed by atoms with Crippen molar-refractivity contribution in [2.24, 2.45) is 5.73 Å². The highest BCUT2D eigenvalue weighted by atomic mass is 16.6. The maximum Gasteiger partial charge on any atom is 0.410 e. The summed E-state index contributed by atoms with van der Waals surface area (Å²) in [5, 5.41) is 6.10. The van der Waals surface area contributed by atoms with Gasteiger partial charge in [-0.25, -0.2) is 4.79 Å². The van der Waals surface area contributed by atoms with Crippen LogP contribution < -0.4 is 16.4 Å². The van der Waals surface area contributed by atoms with E-state index in [0.29, 0.717) is 25.0 Å². The van der Waals surface area contributed by atoms with E-state index in [4.69, 9.17) is 10.5 Å². The molecular weight excluding hydrogens is 244 g/mol. The van der Waals surface area contributed by atoms with Crippen molar-refractivity contribution in [3.8, 4) is 0 Å². The highest BCUT2D eigenvalue weighted by Crippen LogP contribution is 2.15. The summed E-state index contributed by atoms with van der Waals surface area (Å²) in [5.74, 6) is 0.606. The molecule has 110 valence electrons. The van der Waals surface area contributed by atoms with Gasteiger partial charge in [0.2, 0.25) is 0 Å². The summed E-state index contributed by atoms with van der Waals surface area (Å²) in [4.78, 5) is 13.6. The minimum absolute atomic E-state index is 0.226. The summed E-state index contributed by atoms with van der Waals surface area (Å²) in [5.41, 5.74) is 5.20. The Labute approximate surface area is 115 Å². The molecule has 1 aliphatic rings. The average Bonchev–Trinajstić information content (AvgIpc) is 2.34. The van der Waals surface area contributed by atoms with Crippen molar-refractivity contribution < 1.29 is 9.53 Å². The molecule has 0 aliphatic carbocycles. The van der Waals surface area contributed by atoms with Gasteiger partial charge >= 0.3 is 6.09 Å². The highest BCUT2D eigenvalue weighted by Gasteiger charge is 2.26. The monoisotopic (exact) mass is 270 g/mol. The van der Waals surface area contributed by atoms with Gasteiger partial charge in [-0.2, -0.15) is 0 Å². The van der Waals surface area contributed by atoms with E-state index in [2.05, 4.69) is 10.6 Å². The molecule has 0 aromatic carbocycles. The number of likely N-dealkylation sites (tertiary alicyclic amines) is 1. The first-order valence-electron chi connectivity index (χ1n) is 6.69. The highest BCUT2D eigenvalue weighted by molar-refractivity contribution is 5.68. The topological polar surface area (TPSA) is 79.6 Å². The minimum atomic E-state index is -0.434. The normalized spacial score (nSPS) is 18.1. The van der Waals surface area contributed by atoms with Crippen LogP contribution in [0.3, 0.4) is 0 Å². The lowest BCUT2D eigenvalue weighted by atomic mass is 10.1. The predicted molar refractivity (Wildman–Crippen MR) is 75.3 cm³/mol. The Morgan fingerprint density at radius 1 is 1.37 bits per heavy atom. The molecule has 1 rings (SSSR count). The molecule has 0 bridgehead atoms. The molecular formula is C13H26N4O2. The molecule has 0 atom stereocenters. The Morgan fingerprint density at radius 3 is 2.42 bits per heavy atom. The van der Waals surface area contributed by atoms with Crippen LogP contribution in [-0.4, -0.2) is 42.8 Å². The third kappa shape index (κ3) is 5.72. The van der Waals surface area contributed by atoms with Gasteiger partial charge in [-0.3, -0.25) is 0 Å². The van der Waals surface area contributed by atoms with Gasteiger partial charge in [0, 0.05) is 32.4 Å². The molecule has 19 heavy (non-hydrogen) atoms. The number of nitrogens with two attached hydrogens (primary N) is 1. The van der Waals surface area contributed by atoms with Crippen LogP contribution in [-0.2, 0) is 4.74 Å². The number of nitrogens with one attached hydrogen (secondary N) is 2. The van der Waals surface area contributed by atoms with E-state index in [0.717, 1.165) is 12.8 Å². The molecule has 0 aromatic heterocycles. The van der Waals surface area contributed by atoms with Crippen molar-refractivity contribution in [1.82, 2.24) is 15.5 Å². The first kappa shape index (κ1) is 15.5. The van der Waals surface area contributed by atoms with Gasteiger partial charge in [0.25, 0.3) is 0 Å². The van der Waals surface area contributed by atoms with Crippen molar-refractivity contribution in [2.45, 2.75) is 45.3 Å². The average molecular weight is 270 g/mol. The van der Waals surface area contributed by atoms with Gasteiger partial charge in [-0.1, -0.05) is 0 Å². The molecule has 0 unspecified atom stereocenters. The Morgan fingerprint density at radius 2 is 1.95 bits per heavy atom. The molecule has 6 nitrogen and oxygen atoms in total. The molecule has 1 saturated heterocycles. The maximum atomic E-state index is 11.9. The number of carbonyl (C=O) groups excluding carboxylic acids is 1. The van der Waals surface area contributed by atoms with Crippen LogP contribution in [0.25, 0.3) is 0 Å². The van der Waals surface area contributed by atoms with Gasteiger partial charge < -0.3 is 26.0 Å². The smallest absolute Gasteiger partial charge is 0.410 e. The molecule has 1 aliphatic heterocycles. The Kier molecular flexibility index (Phi) is 5.32. The van der Waals surface area contributed by atoms with Gasteiger partial charge in [-0.15, -0.1) is 0 Å². The van der Waals surface area contributed by atoms with E-state index in [-0.39, 0.29) is 6.09 Å². The molecule has 0 saturated carbocycles. The summed E-state index contributed by atoms with van der Waals surface area (Å²) in [6, 6.07) is 0.352. The lowest BCUT2D eigenvalue weighted by molar-refractivity contribution is 0.0201. The van der Waals surface area contributed by atoms with E-state index in [1.165, 1.54) is 0 Å². The second-order valence-corrected chi connectivity index (χ2v) is 5.76. The number of rotatable bonds is 3. The summed E-state index contributed by atoms with van der Waals surface area (Å²) >= 11 is 0. The first-order chi connectivity index (χ1) is 8.81. The number of carbonyl (C=O) groups is 1. The van der Waals surface area contributed by atoms with Crippen LogP contribution in [0.1, 0.15) is 33.6 Å². The quantitative estimate of drug-likeness (QED) is 0.711. The number of hydrogen-bond donors (Lipinski definition) is 3. The van der Waals surface area contributed by atoms with Crippen LogP contribution in [0.15, 0.2) is 12.0 Å². The number of piperidine rings is 1. The summed E-state index contributed by atoms with van der Waals surface area (Å²) in [7, 11) is 1.78. The van der Waals surface area contributed by atoms with Crippen molar-refractivity contribution in [1.29, 1.82) is 0 Å². The second-order valence-electron chi connectivity index (χ2n) is 5.76. The van der Waals surface area contributed by atoms with Gasteiger partial charge in [0.15, 0.2) is 0 Å². The van der Waals surface area contributed by atoms with Crippen LogP contribution in [0.4, 0.5) is 4.79 Å². The molecule has 0 spiro atoms. The van der Waals surface area contributed by atoms with Gasteiger partial charge in [-0.05, 0) is 33.6 Å². The SMILES string of the molecule is CN/C(N)=C/NC1CCN(C(=O)OC(C)(C)C)CC1. The fourth-order valence-corrected chi connectivity index (χ4v) is 1.84. The molecule has 0 aromatic rings. The Bertz CT molecular complexity index is 328. The number of hydrogen-bond acceptors (Lipinski definition) is 5. The lowest BCUT2D eigenvalue weighted by Gasteiger charge is -2.33. The molecule has 1 heterocycles. The second kappa shape index (κ2) is 6.54. The predicted octanol–water partition coefficient (Wildman–Crippen LogP) is 0.952. The summed E-state index contributed by atoms with van der Waals surface area (Å²) in [6.45, 7) is 7.05. The largest absolute Gasteiger partial charge is 0.444 e. The number of ether oxygens (including phenoxy) is 1. The zero-order chi connectivity index (χ0) is 14.5. The number of amides is 1. The standard InChI is InChI=1S/C13H26N4O2/c1-13(2,3)19-12(18)17-7-5-10(6-8-17)16-9-11(14)15-4/h9-10,15-16H,5-8,14H2,1-4H3/b11-9+. The Balaban J connectivity index is 2.35. The molecule has 4 N–H and O–H groups in total. The molecule has 1 fully saturated rings.